The van der Waals surface area contributed by atoms with Crippen molar-refractivity contribution in [2.45, 2.75) is 57.5 Å². The Hall–Kier alpha value is -0.770. The first-order valence-corrected chi connectivity index (χ1v) is 7.87. The Bertz CT molecular complexity index is 313. The summed E-state index contributed by atoms with van der Waals surface area (Å²) in [7, 11) is 0. The summed E-state index contributed by atoms with van der Waals surface area (Å²) in [6, 6.07) is 0.180. The first-order chi connectivity index (χ1) is 9.19. The number of aliphatic hydroxyl groups excluding tert-OH is 1. The van der Waals surface area contributed by atoms with E-state index in [-0.39, 0.29) is 18.7 Å². The van der Waals surface area contributed by atoms with Gasteiger partial charge in [-0.25, -0.2) is 4.79 Å². The van der Waals surface area contributed by atoms with Crippen LogP contribution in [0.4, 0.5) is 4.79 Å². The second-order valence-electron chi connectivity index (χ2n) is 6.86. The van der Waals surface area contributed by atoms with Crippen molar-refractivity contribution in [1.82, 2.24) is 10.6 Å². The minimum Gasteiger partial charge on any atom is -0.394 e. The Balaban J connectivity index is 1.56. The molecule has 0 radical (unpaired) electrons. The molecule has 3 N–H and O–H groups in total. The summed E-state index contributed by atoms with van der Waals surface area (Å²) in [5, 5.41) is 15.2. The molecule has 0 aromatic heterocycles. The Labute approximate surface area is 115 Å². The van der Waals surface area contributed by atoms with Gasteiger partial charge >= 0.3 is 6.03 Å². The summed E-state index contributed by atoms with van der Waals surface area (Å²) in [6.45, 7) is 2.00. The van der Waals surface area contributed by atoms with Crippen LogP contribution in [0.3, 0.4) is 0 Å². The Kier molecular flexibility index (Phi) is 3.70. The van der Waals surface area contributed by atoms with Crippen LogP contribution in [0.15, 0.2) is 0 Å². The maximum atomic E-state index is 12.0. The third-order valence-corrected chi connectivity index (χ3v) is 5.57. The lowest BCUT2D eigenvalue weighted by molar-refractivity contribution is -0.00959. The zero-order valence-electron chi connectivity index (χ0n) is 11.8. The van der Waals surface area contributed by atoms with E-state index >= 15 is 0 Å². The van der Waals surface area contributed by atoms with Crippen LogP contribution < -0.4 is 10.6 Å². The third kappa shape index (κ3) is 2.60. The van der Waals surface area contributed by atoms with Gasteiger partial charge < -0.3 is 15.7 Å². The zero-order chi connectivity index (χ0) is 13.4. The van der Waals surface area contributed by atoms with Gasteiger partial charge in [0.2, 0.25) is 0 Å². The van der Waals surface area contributed by atoms with Gasteiger partial charge in [-0.05, 0) is 62.2 Å². The van der Waals surface area contributed by atoms with Gasteiger partial charge in [-0.15, -0.1) is 0 Å². The Morgan fingerprint density at radius 3 is 2.21 bits per heavy atom. The average molecular weight is 266 g/mol. The number of urea groups is 1. The van der Waals surface area contributed by atoms with Crippen LogP contribution in [0.1, 0.15) is 45.4 Å². The predicted octanol–water partition coefficient (Wildman–Crippen LogP) is 1.88. The summed E-state index contributed by atoms with van der Waals surface area (Å²) in [5.74, 6) is 3.28. The molecule has 2 amide bonds. The second kappa shape index (κ2) is 5.31. The van der Waals surface area contributed by atoms with Gasteiger partial charge in [0.05, 0.1) is 12.6 Å². The van der Waals surface area contributed by atoms with Gasteiger partial charge in [0.25, 0.3) is 0 Å². The van der Waals surface area contributed by atoms with E-state index in [4.69, 9.17) is 5.11 Å². The molecule has 4 nitrogen and oxygen atoms in total. The molecule has 1 unspecified atom stereocenters. The van der Waals surface area contributed by atoms with Crippen molar-refractivity contribution in [3.05, 3.63) is 0 Å². The third-order valence-electron chi connectivity index (χ3n) is 5.57. The van der Waals surface area contributed by atoms with Crippen molar-refractivity contribution in [3.8, 4) is 0 Å². The summed E-state index contributed by atoms with van der Waals surface area (Å²) >= 11 is 0. The van der Waals surface area contributed by atoms with E-state index in [9.17, 15) is 4.79 Å². The van der Waals surface area contributed by atoms with E-state index in [1.54, 1.807) is 0 Å². The fraction of sp³-hybridized carbons (Fsp3) is 0.933. The van der Waals surface area contributed by atoms with E-state index in [0.717, 1.165) is 18.3 Å². The van der Waals surface area contributed by atoms with Gasteiger partial charge in [-0.1, -0.05) is 6.92 Å². The number of carbonyl (C=O) groups is 1. The highest BCUT2D eigenvalue weighted by Gasteiger charge is 2.48. The molecule has 0 heterocycles. The number of aliphatic hydroxyl groups is 1. The first kappa shape index (κ1) is 13.2. The molecule has 108 valence electrons. The molecule has 4 bridgehead atoms. The zero-order valence-corrected chi connectivity index (χ0v) is 11.8. The molecule has 0 aromatic rings. The molecule has 4 rings (SSSR count). The van der Waals surface area contributed by atoms with Crippen LogP contribution in [0.5, 0.6) is 0 Å². The van der Waals surface area contributed by atoms with Crippen molar-refractivity contribution in [2.75, 3.05) is 6.61 Å². The predicted molar refractivity (Wildman–Crippen MR) is 73.7 cm³/mol. The van der Waals surface area contributed by atoms with Crippen molar-refractivity contribution in [1.29, 1.82) is 0 Å². The first-order valence-electron chi connectivity index (χ1n) is 7.87. The molecular formula is C15H26N2O2. The van der Waals surface area contributed by atoms with Crippen molar-refractivity contribution in [3.63, 3.8) is 0 Å². The molecule has 1 atom stereocenters. The normalized spacial score (nSPS) is 41.1. The molecule has 4 aliphatic rings. The molecule has 19 heavy (non-hydrogen) atoms. The molecule has 0 aromatic carbocycles. The van der Waals surface area contributed by atoms with Gasteiger partial charge in [0, 0.05) is 6.04 Å². The average Bonchev–Trinajstić information content (AvgIpc) is 2.39. The lowest BCUT2D eigenvalue weighted by atomic mass is 9.54. The van der Waals surface area contributed by atoms with E-state index in [2.05, 4.69) is 10.6 Å². The standard InChI is InChI=1S/C15H26N2O2/c1-2-13(8-18)16-15(19)17-14-11-4-9-3-10(6-11)7-12(14)5-9/h9-14,18H,2-8H2,1H3,(H2,16,17,19). The Morgan fingerprint density at radius 2 is 1.74 bits per heavy atom. The molecule has 4 heteroatoms. The van der Waals surface area contributed by atoms with Crippen LogP contribution in [0.25, 0.3) is 0 Å². The van der Waals surface area contributed by atoms with Crippen molar-refractivity contribution in [2.24, 2.45) is 23.7 Å². The molecule has 4 saturated carbocycles. The molecule has 0 saturated heterocycles. The fourth-order valence-corrected chi connectivity index (χ4v) is 4.82. The molecule has 0 aliphatic heterocycles. The highest BCUT2D eigenvalue weighted by Crippen LogP contribution is 2.53. The number of hydrogen-bond acceptors (Lipinski definition) is 2. The lowest BCUT2D eigenvalue weighted by Gasteiger charge is -2.54. The summed E-state index contributed by atoms with van der Waals surface area (Å²) in [6.07, 6.45) is 7.47. The number of amides is 2. The van der Waals surface area contributed by atoms with Crippen LogP contribution in [-0.4, -0.2) is 29.8 Å². The number of rotatable bonds is 4. The van der Waals surface area contributed by atoms with E-state index in [1.165, 1.54) is 32.1 Å². The quantitative estimate of drug-likeness (QED) is 0.727. The summed E-state index contributed by atoms with van der Waals surface area (Å²) in [4.78, 5) is 12.0. The van der Waals surface area contributed by atoms with E-state index < -0.39 is 0 Å². The molecular weight excluding hydrogens is 240 g/mol. The van der Waals surface area contributed by atoms with Crippen LogP contribution in [-0.2, 0) is 0 Å². The van der Waals surface area contributed by atoms with E-state index in [0.29, 0.717) is 17.9 Å². The highest BCUT2D eigenvalue weighted by molar-refractivity contribution is 5.74. The topological polar surface area (TPSA) is 61.4 Å². The smallest absolute Gasteiger partial charge is 0.315 e. The van der Waals surface area contributed by atoms with Gasteiger partial charge in [0.1, 0.15) is 0 Å². The molecule has 0 spiro atoms. The second-order valence-corrected chi connectivity index (χ2v) is 6.86. The minimum absolute atomic E-state index is 0.0194. The largest absolute Gasteiger partial charge is 0.394 e. The summed E-state index contributed by atoms with van der Waals surface area (Å²) in [5.41, 5.74) is 0. The van der Waals surface area contributed by atoms with Crippen LogP contribution in [0.2, 0.25) is 0 Å². The van der Waals surface area contributed by atoms with Gasteiger partial charge in [-0.3, -0.25) is 0 Å². The number of hydrogen-bond donors (Lipinski definition) is 3. The fourth-order valence-electron chi connectivity index (χ4n) is 4.82. The monoisotopic (exact) mass is 266 g/mol. The van der Waals surface area contributed by atoms with E-state index in [1.807, 2.05) is 6.92 Å². The maximum Gasteiger partial charge on any atom is 0.315 e. The lowest BCUT2D eigenvalue weighted by Crippen LogP contribution is -2.58. The summed E-state index contributed by atoms with van der Waals surface area (Å²) < 4.78 is 0. The molecule has 4 aliphatic carbocycles. The molecule has 4 fully saturated rings. The van der Waals surface area contributed by atoms with Gasteiger partial charge in [-0.2, -0.15) is 0 Å². The Morgan fingerprint density at radius 1 is 1.16 bits per heavy atom. The SMILES string of the molecule is CCC(CO)NC(=O)NC1C2CC3CC(C2)CC1C3. The van der Waals surface area contributed by atoms with Crippen molar-refractivity contribution >= 4 is 6.03 Å². The van der Waals surface area contributed by atoms with Crippen molar-refractivity contribution < 1.29 is 9.90 Å². The van der Waals surface area contributed by atoms with Gasteiger partial charge in [0.15, 0.2) is 0 Å². The van der Waals surface area contributed by atoms with Crippen LogP contribution in [0, 0.1) is 23.7 Å². The maximum absolute atomic E-state index is 12.0. The number of carbonyl (C=O) groups excluding carboxylic acids is 1. The van der Waals surface area contributed by atoms with Crippen LogP contribution >= 0.6 is 0 Å². The number of nitrogens with one attached hydrogen (secondary N) is 2. The minimum atomic E-state index is -0.114. The highest BCUT2D eigenvalue weighted by atomic mass is 16.3.